The zero-order valence-corrected chi connectivity index (χ0v) is 11.5. The molecule has 0 atom stereocenters. The summed E-state index contributed by atoms with van der Waals surface area (Å²) in [7, 11) is 0. The van der Waals surface area contributed by atoms with Crippen molar-refractivity contribution in [2.24, 2.45) is 5.92 Å². The Labute approximate surface area is 109 Å². The number of nitrogens with one attached hydrogen (secondary N) is 1. The van der Waals surface area contributed by atoms with E-state index in [0.717, 1.165) is 36.3 Å². The number of furan rings is 1. The summed E-state index contributed by atoms with van der Waals surface area (Å²) in [6.07, 6.45) is 9.21. The molecule has 1 aromatic rings. The summed E-state index contributed by atoms with van der Waals surface area (Å²) < 4.78 is 5.71. The molecule has 3 heteroatoms. The molecule has 17 heavy (non-hydrogen) atoms. The maximum absolute atomic E-state index is 5.71. The highest BCUT2D eigenvalue weighted by Gasteiger charge is 2.13. The van der Waals surface area contributed by atoms with Crippen molar-refractivity contribution < 1.29 is 4.42 Å². The van der Waals surface area contributed by atoms with E-state index in [9.17, 15) is 0 Å². The molecule has 0 saturated heterocycles. The molecular weight excluding hydrogens is 230 g/mol. The van der Waals surface area contributed by atoms with Gasteiger partial charge in [0.05, 0.1) is 12.3 Å². The molecule has 1 aliphatic carbocycles. The van der Waals surface area contributed by atoms with Gasteiger partial charge < -0.3 is 9.73 Å². The molecule has 1 aromatic heterocycles. The van der Waals surface area contributed by atoms with Gasteiger partial charge in [0.25, 0.3) is 0 Å². The molecule has 0 radical (unpaired) electrons. The van der Waals surface area contributed by atoms with E-state index >= 15 is 0 Å². The topological polar surface area (TPSA) is 25.2 Å². The monoisotopic (exact) mass is 253 g/mol. The molecule has 0 aliphatic heterocycles. The third kappa shape index (κ3) is 4.40. The number of thioether (sulfide) groups is 1. The molecule has 2 nitrogen and oxygen atoms in total. The van der Waals surface area contributed by atoms with Crippen LogP contribution >= 0.6 is 11.8 Å². The standard InChI is InChI=1S/C14H23NOS/c1-17-11-14-7-6-13(16-14)10-15-9-8-12-4-2-3-5-12/h6-7,12,15H,2-5,8-11H2,1H3. The Bertz CT molecular complexity index is 318. The van der Waals surface area contributed by atoms with E-state index in [1.807, 2.05) is 0 Å². The van der Waals surface area contributed by atoms with Gasteiger partial charge in [-0.05, 0) is 37.3 Å². The second-order valence-corrected chi connectivity index (χ2v) is 5.78. The molecule has 0 spiro atoms. The summed E-state index contributed by atoms with van der Waals surface area (Å²) in [6.45, 7) is 2.00. The highest BCUT2D eigenvalue weighted by molar-refractivity contribution is 7.97. The fraction of sp³-hybridized carbons (Fsp3) is 0.714. The minimum absolute atomic E-state index is 0.876. The van der Waals surface area contributed by atoms with Gasteiger partial charge in [-0.2, -0.15) is 11.8 Å². The predicted molar refractivity (Wildman–Crippen MR) is 74.2 cm³/mol. The molecule has 96 valence electrons. The Kier molecular flexibility index (Phi) is 5.46. The van der Waals surface area contributed by atoms with Crippen molar-refractivity contribution in [1.29, 1.82) is 0 Å². The molecule has 0 amide bonds. The summed E-state index contributed by atoms with van der Waals surface area (Å²) in [5.74, 6) is 4.11. The van der Waals surface area contributed by atoms with Gasteiger partial charge in [-0.3, -0.25) is 0 Å². The Morgan fingerprint density at radius 3 is 2.82 bits per heavy atom. The number of hydrogen-bond donors (Lipinski definition) is 1. The van der Waals surface area contributed by atoms with Gasteiger partial charge in [-0.25, -0.2) is 0 Å². The van der Waals surface area contributed by atoms with Crippen LogP contribution in [-0.4, -0.2) is 12.8 Å². The molecule has 2 rings (SSSR count). The van der Waals surface area contributed by atoms with Gasteiger partial charge in [0, 0.05) is 0 Å². The predicted octanol–water partition coefficient (Wildman–Crippen LogP) is 3.81. The normalized spacial score (nSPS) is 16.8. The summed E-state index contributed by atoms with van der Waals surface area (Å²) in [6, 6.07) is 4.18. The van der Waals surface area contributed by atoms with Crippen molar-refractivity contribution >= 4 is 11.8 Å². The van der Waals surface area contributed by atoms with Gasteiger partial charge in [0.1, 0.15) is 11.5 Å². The Morgan fingerprint density at radius 1 is 1.29 bits per heavy atom. The average molecular weight is 253 g/mol. The minimum Gasteiger partial charge on any atom is -0.464 e. The first kappa shape index (κ1) is 13.0. The van der Waals surface area contributed by atoms with E-state index in [2.05, 4.69) is 23.7 Å². The SMILES string of the molecule is CSCc1ccc(CNCCC2CCCC2)o1. The fourth-order valence-corrected chi connectivity index (χ4v) is 2.99. The largest absolute Gasteiger partial charge is 0.464 e. The smallest absolute Gasteiger partial charge is 0.117 e. The lowest BCUT2D eigenvalue weighted by Crippen LogP contribution is -2.16. The Balaban J connectivity index is 1.60. The summed E-state index contributed by atoms with van der Waals surface area (Å²) in [5, 5.41) is 3.48. The Hall–Kier alpha value is -0.410. The average Bonchev–Trinajstić information content (AvgIpc) is 2.96. The summed E-state index contributed by atoms with van der Waals surface area (Å²) in [5.41, 5.74) is 0. The third-order valence-electron chi connectivity index (χ3n) is 3.51. The van der Waals surface area contributed by atoms with Crippen LogP contribution in [0.5, 0.6) is 0 Å². The van der Waals surface area contributed by atoms with Crippen LogP contribution in [0, 0.1) is 5.92 Å². The van der Waals surface area contributed by atoms with Crippen molar-refractivity contribution in [2.75, 3.05) is 12.8 Å². The second kappa shape index (κ2) is 7.12. The maximum atomic E-state index is 5.71. The lowest BCUT2D eigenvalue weighted by Gasteiger charge is -2.08. The van der Waals surface area contributed by atoms with Gasteiger partial charge in [0.2, 0.25) is 0 Å². The van der Waals surface area contributed by atoms with E-state index in [4.69, 9.17) is 4.42 Å². The van der Waals surface area contributed by atoms with E-state index in [0.29, 0.717) is 0 Å². The van der Waals surface area contributed by atoms with Gasteiger partial charge in [0.15, 0.2) is 0 Å². The van der Waals surface area contributed by atoms with Crippen molar-refractivity contribution in [3.8, 4) is 0 Å². The lowest BCUT2D eigenvalue weighted by atomic mass is 10.0. The van der Waals surface area contributed by atoms with E-state index in [-0.39, 0.29) is 0 Å². The molecule has 1 aliphatic rings. The maximum Gasteiger partial charge on any atom is 0.117 e. The number of hydrogen-bond acceptors (Lipinski definition) is 3. The highest BCUT2D eigenvalue weighted by atomic mass is 32.2. The molecule has 0 bridgehead atoms. The van der Waals surface area contributed by atoms with E-state index in [1.54, 1.807) is 11.8 Å². The third-order valence-corrected chi connectivity index (χ3v) is 4.08. The highest BCUT2D eigenvalue weighted by Crippen LogP contribution is 2.26. The van der Waals surface area contributed by atoms with Crippen LogP contribution in [0.4, 0.5) is 0 Å². The van der Waals surface area contributed by atoms with Crippen LogP contribution in [0.2, 0.25) is 0 Å². The van der Waals surface area contributed by atoms with Crippen molar-refractivity contribution in [2.45, 2.75) is 44.4 Å². The van der Waals surface area contributed by atoms with Gasteiger partial charge in [-0.1, -0.05) is 25.7 Å². The minimum atomic E-state index is 0.876. The lowest BCUT2D eigenvalue weighted by molar-refractivity contribution is 0.436. The van der Waals surface area contributed by atoms with E-state index < -0.39 is 0 Å². The van der Waals surface area contributed by atoms with Crippen molar-refractivity contribution in [1.82, 2.24) is 5.32 Å². The van der Waals surface area contributed by atoms with E-state index in [1.165, 1.54) is 32.1 Å². The first-order valence-electron chi connectivity index (χ1n) is 6.65. The zero-order valence-electron chi connectivity index (χ0n) is 10.7. The molecule has 0 unspecified atom stereocenters. The molecule has 1 saturated carbocycles. The summed E-state index contributed by atoms with van der Waals surface area (Å²) >= 11 is 1.80. The van der Waals surface area contributed by atoms with Crippen LogP contribution in [0.15, 0.2) is 16.5 Å². The zero-order chi connectivity index (χ0) is 11.9. The molecule has 0 aromatic carbocycles. The fourth-order valence-electron chi connectivity index (χ4n) is 2.55. The Morgan fingerprint density at radius 2 is 2.06 bits per heavy atom. The first-order valence-corrected chi connectivity index (χ1v) is 8.05. The van der Waals surface area contributed by atoms with Crippen LogP contribution < -0.4 is 5.32 Å². The van der Waals surface area contributed by atoms with Crippen LogP contribution in [0.3, 0.4) is 0 Å². The molecular formula is C14H23NOS. The molecule has 1 N–H and O–H groups in total. The van der Waals surface area contributed by atoms with Crippen LogP contribution in [0.25, 0.3) is 0 Å². The van der Waals surface area contributed by atoms with Crippen LogP contribution in [-0.2, 0) is 12.3 Å². The first-order chi connectivity index (χ1) is 8.38. The van der Waals surface area contributed by atoms with Gasteiger partial charge >= 0.3 is 0 Å². The summed E-state index contributed by atoms with van der Waals surface area (Å²) in [4.78, 5) is 0. The van der Waals surface area contributed by atoms with Crippen molar-refractivity contribution in [3.63, 3.8) is 0 Å². The van der Waals surface area contributed by atoms with Crippen LogP contribution in [0.1, 0.15) is 43.6 Å². The van der Waals surface area contributed by atoms with Gasteiger partial charge in [-0.15, -0.1) is 0 Å². The number of rotatable bonds is 7. The molecule has 1 heterocycles. The van der Waals surface area contributed by atoms with Crippen molar-refractivity contribution in [3.05, 3.63) is 23.7 Å². The quantitative estimate of drug-likeness (QED) is 0.748. The second-order valence-electron chi connectivity index (χ2n) is 4.92. The molecule has 1 fully saturated rings.